The standard InChI is InChI=1S/C24H27N3O3/c1-7-23(3,4)20-16(12-18-22(29)25-13(2)21(28)27-18)15-10-14(8-9-17(15)26-20)11-19-24(5,6)30-19/h7-10,12,19,26H,1-2,11H2,3-6H3,(H,25,29)(H,27,28)/b18-12-. The first-order chi connectivity index (χ1) is 14.0. The molecular formula is C24H27N3O3. The highest BCUT2D eigenvalue weighted by Gasteiger charge is 2.47. The third kappa shape index (κ3) is 3.48. The maximum Gasteiger partial charge on any atom is 0.272 e. The normalized spacial score (nSPS) is 18.7. The molecule has 0 saturated carbocycles. The van der Waals surface area contributed by atoms with E-state index in [2.05, 4.69) is 67.9 Å². The van der Waals surface area contributed by atoms with Crippen LogP contribution in [0.2, 0.25) is 0 Å². The van der Waals surface area contributed by atoms with Crippen LogP contribution in [0.15, 0.2) is 40.4 Å². The van der Waals surface area contributed by atoms with Gasteiger partial charge >= 0.3 is 0 Å². The van der Waals surface area contributed by atoms with Crippen molar-refractivity contribution in [3.05, 3.63) is 79.1 Å². The average Bonchev–Trinajstić information content (AvgIpc) is 3.11. The Kier molecular flexibility index (Phi) is 4.51. The molecule has 156 valence electrons. The van der Waals surface area contributed by atoms with E-state index in [0.717, 1.165) is 34.1 Å². The smallest absolute Gasteiger partial charge is 0.272 e. The number of aromatic nitrogens is 3. The number of hydrogen-bond donors (Lipinski definition) is 3. The van der Waals surface area contributed by atoms with Crippen molar-refractivity contribution in [3.63, 3.8) is 0 Å². The van der Waals surface area contributed by atoms with Crippen LogP contribution in [0.1, 0.15) is 44.5 Å². The van der Waals surface area contributed by atoms with Gasteiger partial charge in [0.05, 0.1) is 17.1 Å². The van der Waals surface area contributed by atoms with E-state index in [1.54, 1.807) is 6.08 Å². The molecule has 0 amide bonds. The van der Waals surface area contributed by atoms with Gasteiger partial charge in [0, 0.05) is 34.0 Å². The average molecular weight is 405 g/mol. The van der Waals surface area contributed by atoms with Crippen molar-refractivity contribution < 1.29 is 4.74 Å². The summed E-state index contributed by atoms with van der Waals surface area (Å²) < 4.78 is 5.74. The number of H-pyrrole nitrogens is 3. The summed E-state index contributed by atoms with van der Waals surface area (Å²) in [5, 5.41) is 1.21. The van der Waals surface area contributed by atoms with E-state index >= 15 is 0 Å². The van der Waals surface area contributed by atoms with Gasteiger partial charge in [0.25, 0.3) is 11.1 Å². The Balaban J connectivity index is 1.96. The van der Waals surface area contributed by atoms with Crippen molar-refractivity contribution in [2.75, 3.05) is 0 Å². The molecule has 3 aromatic rings. The second-order valence-corrected chi connectivity index (χ2v) is 9.08. The zero-order valence-corrected chi connectivity index (χ0v) is 17.8. The van der Waals surface area contributed by atoms with Crippen molar-refractivity contribution >= 4 is 23.6 Å². The Labute approximate surface area is 174 Å². The molecule has 0 radical (unpaired) electrons. The van der Waals surface area contributed by atoms with E-state index in [4.69, 9.17) is 4.74 Å². The second-order valence-electron chi connectivity index (χ2n) is 9.08. The lowest BCUT2D eigenvalue weighted by atomic mass is 9.86. The maximum atomic E-state index is 12.4. The number of aromatic amines is 3. The molecule has 1 saturated heterocycles. The maximum absolute atomic E-state index is 12.4. The van der Waals surface area contributed by atoms with Crippen LogP contribution in [0, 0.1) is 0 Å². The van der Waals surface area contributed by atoms with Crippen molar-refractivity contribution in [1.82, 2.24) is 15.0 Å². The van der Waals surface area contributed by atoms with Crippen LogP contribution in [-0.4, -0.2) is 26.7 Å². The summed E-state index contributed by atoms with van der Waals surface area (Å²) in [6.07, 6.45) is 4.61. The summed E-state index contributed by atoms with van der Waals surface area (Å²) >= 11 is 0. The number of epoxide rings is 1. The van der Waals surface area contributed by atoms with Crippen LogP contribution in [-0.2, 0) is 16.6 Å². The van der Waals surface area contributed by atoms with Crippen LogP contribution >= 0.6 is 0 Å². The summed E-state index contributed by atoms with van der Waals surface area (Å²) in [5.41, 5.74) is 2.63. The van der Waals surface area contributed by atoms with E-state index < -0.39 is 5.56 Å². The molecule has 1 aliphatic heterocycles. The lowest BCUT2D eigenvalue weighted by molar-refractivity contribution is 0.323. The van der Waals surface area contributed by atoms with Crippen molar-refractivity contribution in [3.8, 4) is 0 Å². The number of rotatable bonds is 5. The van der Waals surface area contributed by atoms with E-state index in [0.29, 0.717) is 0 Å². The van der Waals surface area contributed by atoms with Crippen LogP contribution in [0.5, 0.6) is 0 Å². The molecule has 6 heteroatoms. The Bertz CT molecular complexity index is 1390. The highest BCUT2D eigenvalue weighted by atomic mass is 16.6. The molecule has 0 aliphatic carbocycles. The lowest BCUT2D eigenvalue weighted by Crippen LogP contribution is -2.46. The van der Waals surface area contributed by atoms with Crippen LogP contribution in [0.25, 0.3) is 23.6 Å². The first-order valence-corrected chi connectivity index (χ1v) is 10.0. The third-order valence-corrected chi connectivity index (χ3v) is 5.96. The summed E-state index contributed by atoms with van der Waals surface area (Å²) in [5.74, 6) is 0. The molecule has 1 unspecified atom stereocenters. The minimum Gasteiger partial charge on any atom is -0.366 e. The van der Waals surface area contributed by atoms with E-state index in [9.17, 15) is 9.59 Å². The van der Waals surface area contributed by atoms with Gasteiger partial charge in [-0.1, -0.05) is 32.6 Å². The van der Waals surface area contributed by atoms with Gasteiger partial charge in [-0.25, -0.2) is 0 Å². The SMILES string of the molecule is C=CC(C)(C)c1[nH]c2ccc(CC3OC3(C)C)cc2c1/C=c1\[nH]c(=O)c(=C)[nH]c1=O. The van der Waals surface area contributed by atoms with Gasteiger partial charge in [-0.05, 0) is 37.6 Å². The van der Waals surface area contributed by atoms with E-state index in [-0.39, 0.29) is 33.4 Å². The molecule has 4 rings (SSSR count). The van der Waals surface area contributed by atoms with Crippen LogP contribution in [0.3, 0.4) is 0 Å². The monoisotopic (exact) mass is 405 g/mol. The summed E-state index contributed by atoms with van der Waals surface area (Å²) in [7, 11) is 0. The minimum absolute atomic E-state index is 0.0389. The highest BCUT2D eigenvalue weighted by Crippen LogP contribution is 2.39. The quantitative estimate of drug-likeness (QED) is 0.447. The second kappa shape index (κ2) is 6.71. The van der Waals surface area contributed by atoms with Crippen molar-refractivity contribution in [2.45, 2.75) is 51.2 Å². The van der Waals surface area contributed by atoms with Crippen LogP contribution in [0.4, 0.5) is 0 Å². The van der Waals surface area contributed by atoms with Gasteiger partial charge in [0.15, 0.2) is 0 Å². The molecular weight excluding hydrogens is 378 g/mol. The molecule has 3 heterocycles. The van der Waals surface area contributed by atoms with Gasteiger partial charge in [0.2, 0.25) is 0 Å². The molecule has 1 aliphatic rings. The largest absolute Gasteiger partial charge is 0.366 e. The molecule has 0 spiro atoms. The number of ether oxygens (including phenoxy) is 1. The number of hydrogen-bond acceptors (Lipinski definition) is 3. The van der Waals surface area contributed by atoms with Gasteiger partial charge in [0.1, 0.15) is 5.35 Å². The van der Waals surface area contributed by atoms with Crippen molar-refractivity contribution in [2.24, 2.45) is 0 Å². The summed E-state index contributed by atoms with van der Waals surface area (Å²) in [6, 6.07) is 6.27. The van der Waals surface area contributed by atoms with Gasteiger partial charge in [-0.15, -0.1) is 6.58 Å². The fourth-order valence-electron chi connectivity index (χ4n) is 3.74. The number of allylic oxidation sites excluding steroid dienone is 1. The first-order valence-electron chi connectivity index (χ1n) is 10.0. The highest BCUT2D eigenvalue weighted by molar-refractivity contribution is 5.91. The summed E-state index contributed by atoms with van der Waals surface area (Å²) in [6.45, 7) is 15.8. The molecule has 2 aromatic heterocycles. The lowest BCUT2D eigenvalue weighted by Gasteiger charge is -2.19. The molecule has 3 N–H and O–H groups in total. The predicted molar refractivity (Wildman–Crippen MR) is 120 cm³/mol. The van der Waals surface area contributed by atoms with Crippen LogP contribution < -0.4 is 21.8 Å². The number of fused-ring (bicyclic) bond motifs is 1. The molecule has 30 heavy (non-hydrogen) atoms. The molecule has 0 bridgehead atoms. The van der Waals surface area contributed by atoms with Gasteiger partial charge < -0.3 is 19.7 Å². The minimum atomic E-state index is -0.418. The Morgan fingerprint density at radius 1 is 1.17 bits per heavy atom. The summed E-state index contributed by atoms with van der Waals surface area (Å²) in [4.78, 5) is 33.1. The first kappa shape index (κ1) is 20.2. The number of benzene rings is 1. The number of nitrogens with one attached hydrogen (secondary N) is 3. The topological polar surface area (TPSA) is 94.0 Å². The zero-order chi connectivity index (χ0) is 21.8. The molecule has 1 atom stereocenters. The molecule has 6 nitrogen and oxygen atoms in total. The molecule has 1 aromatic carbocycles. The Hall–Kier alpha value is -3.12. The predicted octanol–water partition coefficient (Wildman–Crippen LogP) is 1.97. The Morgan fingerprint density at radius 2 is 1.87 bits per heavy atom. The third-order valence-electron chi connectivity index (χ3n) is 5.96. The fraction of sp³-hybridized carbons (Fsp3) is 0.333. The van der Waals surface area contributed by atoms with Crippen molar-refractivity contribution in [1.29, 1.82) is 0 Å². The molecule has 1 fully saturated rings. The van der Waals surface area contributed by atoms with Gasteiger partial charge in [-0.2, -0.15) is 0 Å². The van der Waals surface area contributed by atoms with E-state index in [1.165, 1.54) is 0 Å². The van der Waals surface area contributed by atoms with Gasteiger partial charge in [-0.3, -0.25) is 9.59 Å². The Morgan fingerprint density at radius 3 is 2.50 bits per heavy atom. The zero-order valence-electron chi connectivity index (χ0n) is 17.8. The fourth-order valence-corrected chi connectivity index (χ4v) is 3.74. The van der Waals surface area contributed by atoms with E-state index in [1.807, 2.05) is 12.1 Å².